The molecule has 0 fully saturated rings. The van der Waals surface area contributed by atoms with E-state index in [9.17, 15) is 4.39 Å². The Kier molecular flexibility index (Phi) is 5.29. The third-order valence-corrected chi connectivity index (χ3v) is 2.67. The van der Waals surface area contributed by atoms with E-state index < -0.39 is 0 Å². The van der Waals surface area contributed by atoms with Crippen LogP contribution in [0.2, 0.25) is 0 Å². The van der Waals surface area contributed by atoms with E-state index in [1.807, 2.05) is 13.0 Å². The van der Waals surface area contributed by atoms with Crippen molar-refractivity contribution in [2.75, 3.05) is 18.5 Å². The number of aromatic nitrogens is 2. The van der Waals surface area contributed by atoms with E-state index in [0.29, 0.717) is 31.4 Å². The summed E-state index contributed by atoms with van der Waals surface area (Å²) in [5.41, 5.74) is 0.941. The second-order valence-corrected chi connectivity index (χ2v) is 4.37. The molecule has 0 saturated heterocycles. The predicted octanol–water partition coefficient (Wildman–Crippen LogP) is 3.06. The van der Waals surface area contributed by atoms with Gasteiger partial charge in [-0.25, -0.2) is 9.37 Å². The lowest BCUT2D eigenvalue weighted by atomic mass is 10.1. The summed E-state index contributed by atoms with van der Waals surface area (Å²) in [6, 6.07) is 8.30. The lowest BCUT2D eigenvalue weighted by Crippen LogP contribution is -2.09. The smallest absolute Gasteiger partial charge is 0.225 e. The molecular formula is C15H18FN3O. The van der Waals surface area contributed by atoms with Crippen molar-refractivity contribution in [1.82, 2.24) is 9.97 Å². The molecule has 20 heavy (non-hydrogen) atoms. The topological polar surface area (TPSA) is 47.0 Å². The molecule has 1 aromatic carbocycles. The van der Waals surface area contributed by atoms with Crippen LogP contribution in [0, 0.1) is 5.82 Å². The van der Waals surface area contributed by atoms with Crippen LogP contribution in [0.5, 0.6) is 5.88 Å². The number of hydrogen-bond donors (Lipinski definition) is 1. The summed E-state index contributed by atoms with van der Waals surface area (Å²) in [5, 5.41) is 3.10. The minimum absolute atomic E-state index is 0.214. The first-order chi connectivity index (χ1) is 9.78. The SMILES string of the molecule is CCCOc1ccnc(NCCc2cccc(F)c2)n1. The van der Waals surface area contributed by atoms with Gasteiger partial charge in [-0.15, -0.1) is 0 Å². The molecule has 2 rings (SSSR count). The zero-order chi connectivity index (χ0) is 14.2. The second kappa shape index (κ2) is 7.43. The van der Waals surface area contributed by atoms with Crippen molar-refractivity contribution in [3.8, 4) is 5.88 Å². The van der Waals surface area contributed by atoms with E-state index in [2.05, 4.69) is 15.3 Å². The summed E-state index contributed by atoms with van der Waals surface area (Å²) in [6.45, 7) is 3.32. The van der Waals surface area contributed by atoms with Gasteiger partial charge >= 0.3 is 0 Å². The molecule has 0 bridgehead atoms. The maximum absolute atomic E-state index is 13.0. The zero-order valence-corrected chi connectivity index (χ0v) is 11.5. The van der Waals surface area contributed by atoms with Gasteiger partial charge in [-0.2, -0.15) is 4.98 Å². The number of nitrogens with zero attached hydrogens (tertiary/aromatic N) is 2. The van der Waals surface area contributed by atoms with Crippen LogP contribution in [0.15, 0.2) is 36.5 Å². The molecule has 4 nitrogen and oxygen atoms in total. The maximum Gasteiger partial charge on any atom is 0.225 e. The van der Waals surface area contributed by atoms with Gasteiger partial charge in [0.2, 0.25) is 11.8 Å². The third kappa shape index (κ3) is 4.50. The van der Waals surface area contributed by atoms with Crippen LogP contribution in [0.3, 0.4) is 0 Å². The van der Waals surface area contributed by atoms with Gasteiger partial charge in [0, 0.05) is 18.8 Å². The summed E-state index contributed by atoms with van der Waals surface area (Å²) >= 11 is 0. The highest BCUT2D eigenvalue weighted by atomic mass is 19.1. The molecule has 2 aromatic rings. The molecule has 0 radical (unpaired) electrons. The molecule has 0 atom stereocenters. The minimum Gasteiger partial charge on any atom is -0.478 e. The Morgan fingerprint density at radius 2 is 2.20 bits per heavy atom. The monoisotopic (exact) mass is 275 g/mol. The molecule has 0 amide bonds. The van der Waals surface area contributed by atoms with Crippen molar-refractivity contribution >= 4 is 5.95 Å². The Balaban J connectivity index is 1.84. The zero-order valence-electron chi connectivity index (χ0n) is 11.5. The largest absolute Gasteiger partial charge is 0.478 e. The summed E-state index contributed by atoms with van der Waals surface area (Å²) in [6.07, 6.45) is 3.30. The first kappa shape index (κ1) is 14.2. The summed E-state index contributed by atoms with van der Waals surface area (Å²) in [5.74, 6) is 0.874. The van der Waals surface area contributed by atoms with E-state index in [-0.39, 0.29) is 5.82 Å². The Hall–Kier alpha value is -2.17. The minimum atomic E-state index is -0.214. The quantitative estimate of drug-likeness (QED) is 0.843. The van der Waals surface area contributed by atoms with Crippen LogP contribution in [-0.2, 0) is 6.42 Å². The van der Waals surface area contributed by atoms with Crippen LogP contribution in [0.4, 0.5) is 10.3 Å². The number of halogens is 1. The number of hydrogen-bond acceptors (Lipinski definition) is 4. The predicted molar refractivity (Wildman–Crippen MR) is 76.4 cm³/mol. The molecule has 1 aromatic heterocycles. The lowest BCUT2D eigenvalue weighted by Gasteiger charge is -2.07. The Morgan fingerprint density at radius 3 is 3.00 bits per heavy atom. The molecule has 0 aliphatic heterocycles. The summed E-state index contributed by atoms with van der Waals surface area (Å²) < 4.78 is 18.5. The van der Waals surface area contributed by atoms with E-state index in [0.717, 1.165) is 12.0 Å². The van der Waals surface area contributed by atoms with Gasteiger partial charge in [0.05, 0.1) is 6.61 Å². The maximum atomic E-state index is 13.0. The van der Waals surface area contributed by atoms with Gasteiger partial charge < -0.3 is 10.1 Å². The van der Waals surface area contributed by atoms with Crippen molar-refractivity contribution < 1.29 is 9.13 Å². The summed E-state index contributed by atoms with van der Waals surface area (Å²) in [4.78, 5) is 8.36. The average Bonchev–Trinajstić information content (AvgIpc) is 2.46. The van der Waals surface area contributed by atoms with Gasteiger partial charge in [0.1, 0.15) is 5.82 Å². The van der Waals surface area contributed by atoms with Crippen molar-refractivity contribution in [2.24, 2.45) is 0 Å². The van der Waals surface area contributed by atoms with Crippen molar-refractivity contribution in [3.05, 3.63) is 47.9 Å². The van der Waals surface area contributed by atoms with Crippen molar-refractivity contribution in [3.63, 3.8) is 0 Å². The molecule has 0 aliphatic carbocycles. The van der Waals surface area contributed by atoms with Crippen LogP contribution >= 0.6 is 0 Å². The average molecular weight is 275 g/mol. The number of anilines is 1. The Bertz CT molecular complexity index is 548. The van der Waals surface area contributed by atoms with E-state index in [4.69, 9.17) is 4.74 Å². The fourth-order valence-electron chi connectivity index (χ4n) is 1.73. The molecule has 1 N–H and O–H groups in total. The normalized spacial score (nSPS) is 10.3. The number of rotatable bonds is 7. The van der Waals surface area contributed by atoms with Gasteiger partial charge in [-0.05, 0) is 30.5 Å². The molecule has 106 valence electrons. The van der Waals surface area contributed by atoms with E-state index >= 15 is 0 Å². The fourth-order valence-corrected chi connectivity index (χ4v) is 1.73. The van der Waals surface area contributed by atoms with Crippen LogP contribution < -0.4 is 10.1 Å². The molecular weight excluding hydrogens is 257 g/mol. The molecule has 0 aliphatic rings. The van der Waals surface area contributed by atoms with E-state index in [1.165, 1.54) is 12.1 Å². The molecule has 0 spiro atoms. The number of ether oxygens (including phenoxy) is 1. The van der Waals surface area contributed by atoms with Gasteiger partial charge in [0.15, 0.2) is 0 Å². The second-order valence-electron chi connectivity index (χ2n) is 4.37. The Morgan fingerprint density at radius 1 is 1.30 bits per heavy atom. The first-order valence-corrected chi connectivity index (χ1v) is 6.72. The van der Waals surface area contributed by atoms with Crippen molar-refractivity contribution in [1.29, 1.82) is 0 Å². The number of benzene rings is 1. The van der Waals surface area contributed by atoms with Crippen LogP contribution in [-0.4, -0.2) is 23.1 Å². The van der Waals surface area contributed by atoms with Crippen LogP contribution in [0.25, 0.3) is 0 Å². The molecule has 1 heterocycles. The highest BCUT2D eigenvalue weighted by Crippen LogP contribution is 2.09. The van der Waals surface area contributed by atoms with E-state index in [1.54, 1.807) is 18.3 Å². The number of nitrogens with one attached hydrogen (secondary N) is 1. The lowest BCUT2D eigenvalue weighted by molar-refractivity contribution is 0.305. The molecule has 0 unspecified atom stereocenters. The fraction of sp³-hybridized carbons (Fsp3) is 0.333. The summed E-state index contributed by atoms with van der Waals surface area (Å²) in [7, 11) is 0. The standard InChI is InChI=1S/C15H18FN3O/c1-2-10-20-14-7-9-18-15(19-14)17-8-6-12-4-3-5-13(16)11-12/h3-5,7,9,11H,2,6,8,10H2,1H3,(H,17,18,19). The van der Waals surface area contributed by atoms with Gasteiger partial charge in [-0.1, -0.05) is 19.1 Å². The molecule has 0 saturated carbocycles. The third-order valence-electron chi connectivity index (χ3n) is 2.67. The highest BCUT2D eigenvalue weighted by Gasteiger charge is 2.00. The van der Waals surface area contributed by atoms with Crippen molar-refractivity contribution in [2.45, 2.75) is 19.8 Å². The van der Waals surface area contributed by atoms with Crippen LogP contribution in [0.1, 0.15) is 18.9 Å². The Labute approximate surface area is 118 Å². The first-order valence-electron chi connectivity index (χ1n) is 6.72. The van der Waals surface area contributed by atoms with Gasteiger partial charge in [0.25, 0.3) is 0 Å². The molecule has 5 heteroatoms. The van der Waals surface area contributed by atoms with Gasteiger partial charge in [-0.3, -0.25) is 0 Å². The highest BCUT2D eigenvalue weighted by molar-refractivity contribution is 5.28.